The molecule has 1 aliphatic rings. The Bertz CT molecular complexity index is 434. The SMILES string of the molecule is CN(C)CCn1nnc(CC(N)=O)c1C1CCCC1. The molecule has 2 rings (SSSR count). The van der Waals surface area contributed by atoms with Crippen LogP contribution < -0.4 is 5.73 Å². The largest absolute Gasteiger partial charge is 0.369 e. The first-order valence-corrected chi connectivity index (χ1v) is 6.93. The number of nitrogens with zero attached hydrogens (tertiary/aromatic N) is 4. The van der Waals surface area contributed by atoms with Crippen molar-refractivity contribution in [3.05, 3.63) is 11.4 Å². The first-order valence-electron chi connectivity index (χ1n) is 6.93. The van der Waals surface area contributed by atoms with E-state index in [0.717, 1.165) is 24.5 Å². The lowest BCUT2D eigenvalue weighted by molar-refractivity contribution is -0.117. The molecule has 106 valence electrons. The zero-order valence-corrected chi connectivity index (χ0v) is 11.8. The normalized spacial score (nSPS) is 16.4. The zero-order chi connectivity index (χ0) is 13.8. The number of nitrogens with two attached hydrogens (primary N) is 1. The molecule has 1 aromatic heterocycles. The molecule has 0 atom stereocenters. The number of rotatable bonds is 6. The van der Waals surface area contributed by atoms with Crippen molar-refractivity contribution in [1.82, 2.24) is 19.9 Å². The summed E-state index contributed by atoms with van der Waals surface area (Å²) in [6, 6.07) is 0. The molecule has 0 aromatic carbocycles. The van der Waals surface area contributed by atoms with Crippen molar-refractivity contribution in [2.45, 2.75) is 44.6 Å². The van der Waals surface area contributed by atoms with Crippen LogP contribution in [0, 0.1) is 0 Å². The van der Waals surface area contributed by atoms with E-state index in [2.05, 4.69) is 15.2 Å². The molecular weight excluding hydrogens is 242 g/mol. The Labute approximate surface area is 113 Å². The summed E-state index contributed by atoms with van der Waals surface area (Å²) in [4.78, 5) is 13.3. The van der Waals surface area contributed by atoms with E-state index < -0.39 is 0 Å². The van der Waals surface area contributed by atoms with E-state index in [-0.39, 0.29) is 12.3 Å². The topological polar surface area (TPSA) is 77.0 Å². The van der Waals surface area contributed by atoms with E-state index in [9.17, 15) is 4.79 Å². The van der Waals surface area contributed by atoms with Gasteiger partial charge in [-0.3, -0.25) is 4.79 Å². The lowest BCUT2D eigenvalue weighted by atomic mass is 10.0. The van der Waals surface area contributed by atoms with Gasteiger partial charge in [0.05, 0.1) is 24.4 Å². The van der Waals surface area contributed by atoms with Gasteiger partial charge in [0.2, 0.25) is 5.91 Å². The summed E-state index contributed by atoms with van der Waals surface area (Å²) in [6.07, 6.45) is 5.04. The summed E-state index contributed by atoms with van der Waals surface area (Å²) in [6.45, 7) is 1.73. The van der Waals surface area contributed by atoms with Gasteiger partial charge in [-0.2, -0.15) is 0 Å². The first kappa shape index (κ1) is 14.0. The Kier molecular flexibility index (Phi) is 4.52. The molecule has 1 amide bonds. The molecular formula is C13H23N5O. The lowest BCUT2D eigenvalue weighted by Crippen LogP contribution is -2.21. The second kappa shape index (κ2) is 6.14. The maximum Gasteiger partial charge on any atom is 0.223 e. The van der Waals surface area contributed by atoms with Crippen LogP contribution in [0.5, 0.6) is 0 Å². The lowest BCUT2D eigenvalue weighted by Gasteiger charge is -2.15. The molecule has 2 N–H and O–H groups in total. The Morgan fingerprint density at radius 3 is 2.68 bits per heavy atom. The molecule has 6 heteroatoms. The summed E-state index contributed by atoms with van der Waals surface area (Å²) >= 11 is 0. The predicted octanol–water partition coefficient (Wildman–Crippen LogP) is 0.525. The Morgan fingerprint density at radius 1 is 1.42 bits per heavy atom. The van der Waals surface area contributed by atoms with E-state index in [0.29, 0.717) is 5.92 Å². The molecule has 1 fully saturated rings. The Hall–Kier alpha value is -1.43. The first-order chi connectivity index (χ1) is 9.08. The minimum absolute atomic E-state index is 0.202. The van der Waals surface area contributed by atoms with Crippen LogP contribution in [-0.4, -0.2) is 46.4 Å². The van der Waals surface area contributed by atoms with Gasteiger partial charge in [0.15, 0.2) is 0 Å². The predicted molar refractivity (Wildman–Crippen MR) is 72.7 cm³/mol. The fraction of sp³-hybridized carbons (Fsp3) is 0.769. The average molecular weight is 265 g/mol. The van der Waals surface area contributed by atoms with Gasteiger partial charge in [0, 0.05) is 12.5 Å². The van der Waals surface area contributed by atoms with E-state index >= 15 is 0 Å². The molecule has 1 aliphatic carbocycles. The number of aromatic nitrogens is 3. The summed E-state index contributed by atoms with van der Waals surface area (Å²) in [5.74, 6) is 0.158. The van der Waals surface area contributed by atoms with Crippen LogP contribution >= 0.6 is 0 Å². The molecule has 1 heterocycles. The highest BCUT2D eigenvalue weighted by Gasteiger charge is 2.26. The smallest absolute Gasteiger partial charge is 0.223 e. The van der Waals surface area contributed by atoms with E-state index in [4.69, 9.17) is 5.73 Å². The summed E-state index contributed by atoms with van der Waals surface area (Å²) in [5, 5.41) is 8.39. The van der Waals surface area contributed by atoms with Gasteiger partial charge in [-0.05, 0) is 26.9 Å². The van der Waals surface area contributed by atoms with Crippen molar-refractivity contribution in [2.75, 3.05) is 20.6 Å². The summed E-state index contributed by atoms with van der Waals surface area (Å²) in [7, 11) is 4.08. The second-order valence-corrected chi connectivity index (χ2v) is 5.57. The van der Waals surface area contributed by atoms with Gasteiger partial charge in [0.25, 0.3) is 0 Å². The van der Waals surface area contributed by atoms with Crippen LogP contribution in [0.4, 0.5) is 0 Å². The fourth-order valence-corrected chi connectivity index (χ4v) is 2.75. The van der Waals surface area contributed by atoms with Crippen molar-refractivity contribution in [1.29, 1.82) is 0 Å². The fourth-order valence-electron chi connectivity index (χ4n) is 2.75. The third-order valence-corrected chi connectivity index (χ3v) is 3.69. The quantitative estimate of drug-likeness (QED) is 0.813. The van der Waals surface area contributed by atoms with Crippen molar-refractivity contribution < 1.29 is 4.79 Å². The molecule has 0 radical (unpaired) electrons. The van der Waals surface area contributed by atoms with Crippen LogP contribution in [-0.2, 0) is 17.8 Å². The minimum Gasteiger partial charge on any atom is -0.369 e. The number of primary amides is 1. The van der Waals surface area contributed by atoms with Crippen LogP contribution in [0.2, 0.25) is 0 Å². The highest BCUT2D eigenvalue weighted by atomic mass is 16.1. The second-order valence-electron chi connectivity index (χ2n) is 5.57. The van der Waals surface area contributed by atoms with Gasteiger partial charge in [-0.25, -0.2) is 4.68 Å². The molecule has 19 heavy (non-hydrogen) atoms. The Balaban J connectivity index is 2.21. The molecule has 0 saturated heterocycles. The van der Waals surface area contributed by atoms with Gasteiger partial charge < -0.3 is 10.6 Å². The highest BCUT2D eigenvalue weighted by molar-refractivity contribution is 5.76. The van der Waals surface area contributed by atoms with Crippen LogP contribution in [0.3, 0.4) is 0 Å². The zero-order valence-electron chi connectivity index (χ0n) is 11.8. The average Bonchev–Trinajstić information content (AvgIpc) is 2.94. The third-order valence-electron chi connectivity index (χ3n) is 3.69. The molecule has 0 spiro atoms. The number of amides is 1. The Morgan fingerprint density at radius 2 is 2.11 bits per heavy atom. The van der Waals surface area contributed by atoms with Gasteiger partial charge in [0.1, 0.15) is 0 Å². The number of carbonyl (C=O) groups excluding carboxylic acids is 1. The van der Waals surface area contributed by atoms with E-state index in [1.54, 1.807) is 0 Å². The van der Waals surface area contributed by atoms with Crippen LogP contribution in [0.15, 0.2) is 0 Å². The summed E-state index contributed by atoms with van der Waals surface area (Å²) in [5.41, 5.74) is 7.21. The van der Waals surface area contributed by atoms with E-state index in [1.165, 1.54) is 25.7 Å². The molecule has 0 bridgehead atoms. The molecule has 1 saturated carbocycles. The van der Waals surface area contributed by atoms with Gasteiger partial charge >= 0.3 is 0 Å². The van der Waals surface area contributed by atoms with Crippen molar-refractivity contribution >= 4 is 5.91 Å². The standard InChI is InChI=1S/C13H23N5O/c1-17(2)7-8-18-13(10-5-3-4-6-10)11(15-16-18)9-12(14)19/h10H,3-9H2,1-2H3,(H2,14,19). The molecule has 0 unspecified atom stereocenters. The number of likely N-dealkylation sites (N-methyl/N-ethyl adjacent to an activating group) is 1. The molecule has 6 nitrogen and oxygen atoms in total. The monoisotopic (exact) mass is 265 g/mol. The van der Waals surface area contributed by atoms with Crippen molar-refractivity contribution in [3.8, 4) is 0 Å². The van der Waals surface area contributed by atoms with Crippen LogP contribution in [0.25, 0.3) is 0 Å². The maximum absolute atomic E-state index is 11.1. The number of hydrogen-bond acceptors (Lipinski definition) is 4. The van der Waals surface area contributed by atoms with Crippen LogP contribution in [0.1, 0.15) is 43.0 Å². The molecule has 1 aromatic rings. The number of hydrogen-bond donors (Lipinski definition) is 1. The van der Waals surface area contributed by atoms with Gasteiger partial charge in [-0.1, -0.05) is 18.1 Å². The summed E-state index contributed by atoms with van der Waals surface area (Å²) < 4.78 is 1.97. The van der Waals surface area contributed by atoms with Crippen molar-refractivity contribution in [2.24, 2.45) is 5.73 Å². The molecule has 0 aliphatic heterocycles. The number of carbonyl (C=O) groups is 1. The van der Waals surface area contributed by atoms with Crippen molar-refractivity contribution in [3.63, 3.8) is 0 Å². The highest BCUT2D eigenvalue weighted by Crippen LogP contribution is 2.35. The third kappa shape index (κ3) is 3.53. The van der Waals surface area contributed by atoms with E-state index in [1.807, 2.05) is 18.8 Å². The minimum atomic E-state index is -0.334. The maximum atomic E-state index is 11.1. The van der Waals surface area contributed by atoms with Gasteiger partial charge in [-0.15, -0.1) is 5.10 Å².